The summed E-state index contributed by atoms with van der Waals surface area (Å²) in [7, 11) is 0. The van der Waals surface area contributed by atoms with E-state index in [0.717, 1.165) is 0 Å². The minimum Gasteiger partial charge on any atom is -0.372 e. The molecule has 2 fully saturated rings. The number of rotatable bonds is 2. The second-order valence-corrected chi connectivity index (χ2v) is 5.92. The number of hydrogen-bond donors (Lipinski definition) is 1. The molecule has 0 spiro atoms. The van der Waals surface area contributed by atoms with Crippen LogP contribution in [0, 0.1) is 0 Å². The summed E-state index contributed by atoms with van der Waals surface area (Å²) < 4.78 is 6.27. The van der Waals surface area contributed by atoms with Crippen molar-refractivity contribution >= 4 is 12.6 Å². The molecule has 0 radical (unpaired) electrons. The normalized spacial score (nSPS) is 36.8. The molecule has 1 nitrogen and oxygen atoms in total. The Labute approximate surface area is 80.3 Å². The van der Waals surface area contributed by atoms with Gasteiger partial charge in [0.25, 0.3) is 0 Å². The lowest BCUT2D eigenvalue weighted by Gasteiger charge is -2.20. The Morgan fingerprint density at radius 2 is 2.00 bits per heavy atom. The second-order valence-electron chi connectivity index (χ2n) is 4.97. The van der Waals surface area contributed by atoms with Gasteiger partial charge in [-0.3, -0.25) is 0 Å². The standard InChI is InChI=1S/C10H18OS/c1-9(2)4-3-8(11-9)7-10(12)5-6-10/h8,12H,3-7H2,1-2H3. The molecule has 1 saturated heterocycles. The van der Waals surface area contributed by atoms with Gasteiger partial charge in [-0.1, -0.05) is 0 Å². The topological polar surface area (TPSA) is 9.23 Å². The molecular formula is C10H18OS. The van der Waals surface area contributed by atoms with Crippen LogP contribution < -0.4 is 0 Å². The number of thiol groups is 1. The van der Waals surface area contributed by atoms with Crippen LogP contribution >= 0.6 is 12.6 Å². The van der Waals surface area contributed by atoms with E-state index in [1.54, 1.807) is 0 Å². The molecule has 0 amide bonds. The van der Waals surface area contributed by atoms with Crippen molar-refractivity contribution in [2.45, 2.75) is 62.4 Å². The Balaban J connectivity index is 1.84. The van der Waals surface area contributed by atoms with Gasteiger partial charge in [0.15, 0.2) is 0 Å². The minimum absolute atomic E-state index is 0.129. The van der Waals surface area contributed by atoms with Crippen molar-refractivity contribution < 1.29 is 4.74 Å². The lowest BCUT2D eigenvalue weighted by molar-refractivity contribution is -0.0189. The predicted octanol–water partition coefficient (Wildman–Crippen LogP) is 2.80. The van der Waals surface area contributed by atoms with E-state index in [-0.39, 0.29) is 5.60 Å². The fourth-order valence-corrected chi connectivity index (χ4v) is 2.31. The van der Waals surface area contributed by atoms with Crippen LogP contribution in [-0.4, -0.2) is 16.5 Å². The van der Waals surface area contributed by atoms with Crippen LogP contribution in [0.1, 0.15) is 46.0 Å². The van der Waals surface area contributed by atoms with Crippen molar-refractivity contribution in [2.24, 2.45) is 0 Å². The van der Waals surface area contributed by atoms with Gasteiger partial charge in [-0.05, 0) is 46.0 Å². The molecule has 0 aromatic carbocycles. The fourth-order valence-electron chi connectivity index (χ4n) is 1.99. The lowest BCUT2D eigenvalue weighted by atomic mass is 10.0. The van der Waals surface area contributed by atoms with Crippen LogP contribution in [-0.2, 0) is 4.74 Å². The van der Waals surface area contributed by atoms with Gasteiger partial charge in [-0.25, -0.2) is 0 Å². The summed E-state index contributed by atoms with van der Waals surface area (Å²) in [6.07, 6.45) is 6.67. The summed E-state index contributed by atoms with van der Waals surface area (Å²) in [4.78, 5) is 0. The molecule has 1 atom stereocenters. The molecule has 0 bridgehead atoms. The third-order valence-electron chi connectivity index (χ3n) is 2.99. The van der Waals surface area contributed by atoms with E-state index in [2.05, 4.69) is 26.5 Å². The van der Waals surface area contributed by atoms with Crippen LogP contribution in [0.5, 0.6) is 0 Å². The Morgan fingerprint density at radius 3 is 2.42 bits per heavy atom. The summed E-state index contributed by atoms with van der Waals surface area (Å²) in [5, 5.41) is 0. The zero-order valence-corrected chi connectivity index (χ0v) is 8.86. The summed E-state index contributed by atoms with van der Waals surface area (Å²) in [5.74, 6) is 0. The maximum atomic E-state index is 5.92. The van der Waals surface area contributed by atoms with Gasteiger partial charge in [0, 0.05) is 4.75 Å². The van der Waals surface area contributed by atoms with Crippen LogP contribution in [0.2, 0.25) is 0 Å². The van der Waals surface area contributed by atoms with Crippen molar-refractivity contribution in [3.8, 4) is 0 Å². The first-order valence-electron chi connectivity index (χ1n) is 4.89. The van der Waals surface area contributed by atoms with E-state index >= 15 is 0 Å². The van der Waals surface area contributed by atoms with Crippen molar-refractivity contribution in [1.82, 2.24) is 0 Å². The molecule has 2 heteroatoms. The van der Waals surface area contributed by atoms with Gasteiger partial charge in [0.05, 0.1) is 11.7 Å². The quantitative estimate of drug-likeness (QED) is 0.652. The van der Waals surface area contributed by atoms with E-state index in [1.807, 2.05) is 0 Å². The number of ether oxygens (including phenoxy) is 1. The molecule has 1 aliphatic carbocycles. The zero-order chi connectivity index (χ0) is 8.82. The Bertz CT molecular complexity index is 184. The molecule has 1 heterocycles. The Hall–Kier alpha value is 0.310. The van der Waals surface area contributed by atoms with E-state index in [9.17, 15) is 0 Å². The first kappa shape index (κ1) is 8.89. The van der Waals surface area contributed by atoms with Crippen LogP contribution in [0.15, 0.2) is 0 Å². The molecule has 2 rings (SSSR count). The van der Waals surface area contributed by atoms with E-state index in [1.165, 1.54) is 32.1 Å². The lowest BCUT2D eigenvalue weighted by Crippen LogP contribution is -2.22. The zero-order valence-electron chi connectivity index (χ0n) is 7.97. The SMILES string of the molecule is CC1(C)CCC(CC2(S)CC2)O1. The highest BCUT2D eigenvalue weighted by Gasteiger charge is 2.43. The molecule has 70 valence electrons. The maximum absolute atomic E-state index is 5.92. The molecule has 0 N–H and O–H groups in total. The highest BCUT2D eigenvalue weighted by Crippen LogP contribution is 2.48. The maximum Gasteiger partial charge on any atom is 0.0631 e. The fraction of sp³-hybridized carbons (Fsp3) is 1.00. The smallest absolute Gasteiger partial charge is 0.0631 e. The molecule has 2 aliphatic rings. The van der Waals surface area contributed by atoms with Crippen molar-refractivity contribution in [2.75, 3.05) is 0 Å². The summed E-state index contributed by atoms with van der Waals surface area (Å²) in [5.41, 5.74) is 0.129. The van der Waals surface area contributed by atoms with E-state index in [0.29, 0.717) is 10.9 Å². The Kier molecular flexibility index (Phi) is 1.96. The van der Waals surface area contributed by atoms with Crippen LogP contribution in [0.25, 0.3) is 0 Å². The Morgan fingerprint density at radius 1 is 1.33 bits per heavy atom. The molecular weight excluding hydrogens is 168 g/mol. The van der Waals surface area contributed by atoms with Gasteiger partial charge in [0.2, 0.25) is 0 Å². The molecule has 1 saturated carbocycles. The van der Waals surface area contributed by atoms with Gasteiger partial charge < -0.3 is 4.74 Å². The second kappa shape index (κ2) is 2.65. The monoisotopic (exact) mass is 186 g/mol. The first-order valence-corrected chi connectivity index (χ1v) is 5.34. The van der Waals surface area contributed by atoms with Crippen LogP contribution in [0.3, 0.4) is 0 Å². The molecule has 1 unspecified atom stereocenters. The molecule has 12 heavy (non-hydrogen) atoms. The largest absolute Gasteiger partial charge is 0.372 e. The van der Waals surface area contributed by atoms with Gasteiger partial charge in [0.1, 0.15) is 0 Å². The summed E-state index contributed by atoms with van der Waals surface area (Å²) >= 11 is 4.62. The van der Waals surface area contributed by atoms with E-state index in [4.69, 9.17) is 4.74 Å². The van der Waals surface area contributed by atoms with Gasteiger partial charge >= 0.3 is 0 Å². The van der Waals surface area contributed by atoms with Crippen molar-refractivity contribution in [3.63, 3.8) is 0 Å². The predicted molar refractivity (Wildman–Crippen MR) is 53.8 cm³/mol. The van der Waals surface area contributed by atoms with Crippen molar-refractivity contribution in [3.05, 3.63) is 0 Å². The average molecular weight is 186 g/mol. The van der Waals surface area contributed by atoms with Gasteiger partial charge in [-0.2, -0.15) is 12.6 Å². The molecule has 1 aliphatic heterocycles. The van der Waals surface area contributed by atoms with E-state index < -0.39 is 0 Å². The van der Waals surface area contributed by atoms with Crippen molar-refractivity contribution in [1.29, 1.82) is 0 Å². The summed E-state index contributed by atoms with van der Waals surface area (Å²) in [6.45, 7) is 4.37. The molecule has 0 aromatic heterocycles. The third kappa shape index (κ3) is 1.97. The molecule has 0 aromatic rings. The van der Waals surface area contributed by atoms with Crippen LogP contribution in [0.4, 0.5) is 0 Å². The first-order chi connectivity index (χ1) is 5.49. The minimum atomic E-state index is 0.129. The van der Waals surface area contributed by atoms with Gasteiger partial charge in [-0.15, -0.1) is 0 Å². The highest BCUT2D eigenvalue weighted by molar-refractivity contribution is 7.82. The highest BCUT2D eigenvalue weighted by atomic mass is 32.1. The number of hydrogen-bond acceptors (Lipinski definition) is 2. The summed E-state index contributed by atoms with van der Waals surface area (Å²) in [6, 6.07) is 0. The third-order valence-corrected chi connectivity index (χ3v) is 3.62. The average Bonchev–Trinajstić information content (AvgIpc) is 2.53.